The molecule has 0 bridgehead atoms. The lowest BCUT2D eigenvalue weighted by atomic mass is 10.0. The quantitative estimate of drug-likeness (QED) is 0.266. The zero-order valence-corrected chi connectivity index (χ0v) is 22.2. The molecule has 1 saturated heterocycles. The van der Waals surface area contributed by atoms with Crippen LogP contribution >= 0.6 is 23.1 Å². The lowest BCUT2D eigenvalue weighted by molar-refractivity contribution is -0.944. The number of piperazine rings is 1. The summed E-state index contributed by atoms with van der Waals surface area (Å²) in [6.07, 6.45) is 0.451. The fourth-order valence-electron chi connectivity index (χ4n) is 4.82. The van der Waals surface area contributed by atoms with E-state index in [4.69, 9.17) is 25.4 Å². The second-order valence-corrected chi connectivity index (χ2v) is 10.2. The van der Waals surface area contributed by atoms with Gasteiger partial charge in [0.15, 0.2) is 5.82 Å². The van der Waals surface area contributed by atoms with Crippen molar-refractivity contribution in [2.75, 3.05) is 56.3 Å². The lowest BCUT2D eigenvalue weighted by Gasteiger charge is -2.44. The molecule has 192 valence electrons. The molecule has 0 aliphatic carbocycles. The standard InChI is InChI=1S/C25H27ClN4O4S.CH3/c1-2-33-25(32)34-16-30(10-7-17-13-18-14-23(31)27-21(18)15-20(17)26)11-8-29(9-12-30)24-19-5-3-4-6-22(19)35-28-24;/h3-6,13,15H,2,7-12,14,16H2,1H3;1H3/q;-1/p+1. The Hall–Kier alpha value is -2.88. The van der Waals surface area contributed by atoms with E-state index < -0.39 is 6.16 Å². The number of fused-ring (bicyclic) bond motifs is 2. The van der Waals surface area contributed by atoms with Crippen LogP contribution in [-0.4, -0.2) is 67.0 Å². The van der Waals surface area contributed by atoms with E-state index in [9.17, 15) is 9.59 Å². The molecular formula is C26H31ClN4O4S. The van der Waals surface area contributed by atoms with Crippen LogP contribution in [0.3, 0.4) is 0 Å². The minimum atomic E-state index is -0.641. The average Bonchev–Trinajstić information content (AvgIpc) is 3.44. The molecule has 3 aromatic rings. The monoisotopic (exact) mass is 530 g/mol. The van der Waals surface area contributed by atoms with E-state index in [1.807, 2.05) is 24.3 Å². The second kappa shape index (κ2) is 11.0. The van der Waals surface area contributed by atoms with Gasteiger partial charge in [0, 0.05) is 22.5 Å². The Labute approximate surface area is 220 Å². The fourth-order valence-corrected chi connectivity index (χ4v) is 5.87. The number of nitrogens with zero attached hydrogens (tertiary/aromatic N) is 3. The number of hydrogen-bond donors (Lipinski definition) is 1. The van der Waals surface area contributed by atoms with E-state index in [2.05, 4.69) is 22.3 Å². The summed E-state index contributed by atoms with van der Waals surface area (Å²) in [5, 5.41) is 4.66. The number of benzene rings is 2. The SMILES string of the molecule is CCOC(=O)OC[N+]1(CCc2cc3c(cc2Cl)NC(=O)C3)CCN(c2nsc3ccccc23)CC1.[CH3-]. The number of quaternary nitrogens is 1. The third-order valence-corrected chi connectivity index (χ3v) is 7.99. The van der Waals surface area contributed by atoms with Gasteiger partial charge >= 0.3 is 6.16 Å². The Morgan fingerprint density at radius 2 is 2.00 bits per heavy atom. The summed E-state index contributed by atoms with van der Waals surface area (Å²) >= 11 is 8.07. The number of nitrogens with one attached hydrogen (secondary N) is 1. The molecule has 1 aromatic heterocycles. The van der Waals surface area contributed by atoms with Gasteiger partial charge in [0.1, 0.15) is 0 Å². The van der Waals surface area contributed by atoms with Crippen molar-refractivity contribution in [3.05, 3.63) is 60.0 Å². The zero-order valence-electron chi connectivity index (χ0n) is 20.6. The van der Waals surface area contributed by atoms with Gasteiger partial charge in [-0.05, 0) is 47.8 Å². The third kappa shape index (κ3) is 5.43. The first-order chi connectivity index (χ1) is 17.0. The smallest absolute Gasteiger partial charge is 0.434 e. The predicted molar refractivity (Wildman–Crippen MR) is 144 cm³/mol. The van der Waals surface area contributed by atoms with E-state index in [0.29, 0.717) is 22.3 Å². The number of carbonyl (C=O) groups is 2. The minimum Gasteiger partial charge on any atom is -0.434 e. The number of anilines is 2. The van der Waals surface area contributed by atoms with Crippen LogP contribution in [0, 0.1) is 7.43 Å². The Kier molecular flexibility index (Phi) is 8.02. The highest BCUT2D eigenvalue weighted by atomic mass is 35.5. The predicted octanol–water partition coefficient (Wildman–Crippen LogP) is 4.90. The first-order valence-electron chi connectivity index (χ1n) is 11.8. The van der Waals surface area contributed by atoms with E-state index in [1.54, 1.807) is 6.92 Å². The average molecular weight is 531 g/mol. The van der Waals surface area contributed by atoms with Gasteiger partial charge in [-0.15, -0.1) is 0 Å². The van der Waals surface area contributed by atoms with Gasteiger partial charge in [0.25, 0.3) is 0 Å². The summed E-state index contributed by atoms with van der Waals surface area (Å²) in [6.45, 7) is 6.24. The van der Waals surface area contributed by atoms with Gasteiger partial charge in [-0.25, -0.2) is 4.79 Å². The normalized spacial score (nSPS) is 16.3. The van der Waals surface area contributed by atoms with Crippen LogP contribution in [-0.2, 0) is 27.1 Å². The maximum Gasteiger partial charge on any atom is 0.512 e. The van der Waals surface area contributed by atoms with E-state index in [0.717, 1.165) is 55.4 Å². The molecule has 1 N–H and O–H groups in total. The largest absolute Gasteiger partial charge is 0.512 e. The number of ether oxygens (including phenoxy) is 2. The van der Waals surface area contributed by atoms with Crippen LogP contribution in [0.4, 0.5) is 16.3 Å². The lowest BCUT2D eigenvalue weighted by Crippen LogP contribution is -2.61. The molecule has 0 atom stereocenters. The molecule has 36 heavy (non-hydrogen) atoms. The molecule has 0 spiro atoms. The van der Waals surface area contributed by atoms with Gasteiger partial charge in [-0.2, -0.15) is 4.37 Å². The fraction of sp³-hybridized carbons (Fsp3) is 0.385. The van der Waals surface area contributed by atoms with Crippen molar-refractivity contribution < 1.29 is 23.5 Å². The highest BCUT2D eigenvalue weighted by Gasteiger charge is 2.36. The van der Waals surface area contributed by atoms with E-state index >= 15 is 0 Å². The summed E-state index contributed by atoms with van der Waals surface area (Å²) in [7, 11) is 0. The van der Waals surface area contributed by atoms with Crippen molar-refractivity contribution >= 4 is 56.8 Å². The molecule has 2 aliphatic rings. The maximum atomic E-state index is 12.0. The van der Waals surface area contributed by atoms with Gasteiger partial charge in [-0.3, -0.25) is 9.28 Å². The van der Waals surface area contributed by atoms with Crippen LogP contribution < -0.4 is 10.2 Å². The highest BCUT2D eigenvalue weighted by Crippen LogP contribution is 2.32. The van der Waals surface area contributed by atoms with Crippen molar-refractivity contribution in [2.24, 2.45) is 0 Å². The Balaban J connectivity index is 0.00000304. The molecule has 3 heterocycles. The zero-order chi connectivity index (χ0) is 24.4. The summed E-state index contributed by atoms with van der Waals surface area (Å²) in [6, 6.07) is 12.1. The molecule has 1 amide bonds. The van der Waals surface area contributed by atoms with Crippen LogP contribution in [0.25, 0.3) is 10.1 Å². The molecule has 8 nitrogen and oxygen atoms in total. The first kappa shape index (κ1) is 26.2. The Morgan fingerprint density at radius 1 is 1.22 bits per heavy atom. The van der Waals surface area contributed by atoms with Crippen molar-refractivity contribution in [3.63, 3.8) is 0 Å². The summed E-state index contributed by atoms with van der Waals surface area (Å²) < 4.78 is 17.0. The first-order valence-corrected chi connectivity index (χ1v) is 13.0. The molecule has 2 aromatic carbocycles. The van der Waals surface area contributed by atoms with Crippen LogP contribution in [0.5, 0.6) is 0 Å². The molecule has 0 unspecified atom stereocenters. The Morgan fingerprint density at radius 3 is 2.78 bits per heavy atom. The van der Waals surface area contributed by atoms with Crippen LogP contribution in [0.1, 0.15) is 18.1 Å². The maximum absolute atomic E-state index is 12.0. The molecular weight excluding hydrogens is 500 g/mol. The number of hydrogen-bond acceptors (Lipinski definition) is 7. The number of aromatic nitrogens is 1. The Bertz CT molecular complexity index is 1260. The van der Waals surface area contributed by atoms with Gasteiger partial charge < -0.3 is 27.1 Å². The van der Waals surface area contributed by atoms with Gasteiger partial charge in [0.05, 0.1) is 50.5 Å². The van der Waals surface area contributed by atoms with Crippen molar-refractivity contribution in [1.82, 2.24) is 4.37 Å². The molecule has 0 saturated carbocycles. The number of amides is 1. The molecule has 5 rings (SSSR count). The number of carbonyl (C=O) groups excluding carboxylic acids is 2. The minimum absolute atomic E-state index is 0. The van der Waals surface area contributed by atoms with Gasteiger partial charge in [0.2, 0.25) is 12.6 Å². The summed E-state index contributed by atoms with van der Waals surface area (Å²) in [5.74, 6) is 1.01. The van der Waals surface area contributed by atoms with E-state index in [1.165, 1.54) is 21.6 Å². The molecule has 0 radical (unpaired) electrons. The van der Waals surface area contributed by atoms with Crippen LogP contribution in [0.2, 0.25) is 5.02 Å². The van der Waals surface area contributed by atoms with Crippen molar-refractivity contribution in [1.29, 1.82) is 0 Å². The molecule has 10 heteroatoms. The number of halogens is 1. The van der Waals surface area contributed by atoms with E-state index in [-0.39, 0.29) is 26.7 Å². The third-order valence-electron chi connectivity index (χ3n) is 6.82. The summed E-state index contributed by atoms with van der Waals surface area (Å²) in [5.41, 5.74) is 2.77. The second-order valence-electron chi connectivity index (χ2n) is 9.03. The summed E-state index contributed by atoms with van der Waals surface area (Å²) in [4.78, 5) is 26.1. The highest BCUT2D eigenvalue weighted by molar-refractivity contribution is 7.13. The van der Waals surface area contributed by atoms with Crippen molar-refractivity contribution in [2.45, 2.75) is 19.8 Å². The topological polar surface area (TPSA) is 80.8 Å². The van der Waals surface area contributed by atoms with Crippen molar-refractivity contribution in [3.8, 4) is 0 Å². The van der Waals surface area contributed by atoms with Crippen LogP contribution in [0.15, 0.2) is 36.4 Å². The molecule has 2 aliphatic heterocycles. The molecule has 1 fully saturated rings. The number of rotatable bonds is 7. The van der Waals surface area contributed by atoms with Gasteiger partial charge in [-0.1, -0.05) is 29.8 Å².